The molecule has 1 aliphatic heterocycles. The van der Waals surface area contributed by atoms with Gasteiger partial charge in [0.15, 0.2) is 11.5 Å². The van der Waals surface area contributed by atoms with Crippen LogP contribution in [-0.4, -0.2) is 40.5 Å². The molecule has 1 aliphatic rings. The zero-order valence-electron chi connectivity index (χ0n) is 14.9. The molecule has 5 heteroatoms. The van der Waals surface area contributed by atoms with Crippen LogP contribution in [0.15, 0.2) is 67.0 Å². The van der Waals surface area contributed by atoms with Crippen molar-refractivity contribution in [1.29, 1.82) is 0 Å². The van der Waals surface area contributed by atoms with Crippen molar-refractivity contribution in [3.8, 4) is 17.2 Å². The fourth-order valence-corrected chi connectivity index (χ4v) is 3.17. The van der Waals surface area contributed by atoms with Crippen molar-refractivity contribution in [2.45, 2.75) is 19.6 Å². The predicted molar refractivity (Wildman–Crippen MR) is 101 cm³/mol. The molecule has 0 N–H and O–H groups in total. The number of ether oxygens (including phenoxy) is 2. The first-order chi connectivity index (χ1) is 12.8. The summed E-state index contributed by atoms with van der Waals surface area (Å²) in [6.45, 7) is 5.35. The van der Waals surface area contributed by atoms with Crippen LogP contribution in [0.3, 0.4) is 0 Å². The first kappa shape index (κ1) is 16.7. The van der Waals surface area contributed by atoms with Crippen molar-refractivity contribution < 1.29 is 9.47 Å². The van der Waals surface area contributed by atoms with E-state index in [2.05, 4.69) is 35.3 Å². The van der Waals surface area contributed by atoms with Crippen molar-refractivity contribution >= 4 is 0 Å². The van der Waals surface area contributed by atoms with Crippen molar-refractivity contribution in [3.63, 3.8) is 0 Å². The molecule has 0 amide bonds. The molecule has 1 atom stereocenters. The van der Waals surface area contributed by atoms with Crippen LogP contribution < -0.4 is 9.47 Å². The summed E-state index contributed by atoms with van der Waals surface area (Å²) in [5.41, 5.74) is 2.26. The zero-order valence-corrected chi connectivity index (χ0v) is 14.9. The molecule has 1 aromatic heterocycles. The highest BCUT2D eigenvalue weighted by atomic mass is 16.6. The molecule has 2 heterocycles. The van der Waals surface area contributed by atoms with Gasteiger partial charge < -0.3 is 9.47 Å². The summed E-state index contributed by atoms with van der Waals surface area (Å²) in [5, 5.41) is 4.48. The van der Waals surface area contributed by atoms with E-state index in [1.807, 2.05) is 53.3 Å². The van der Waals surface area contributed by atoms with Gasteiger partial charge in [-0.05, 0) is 30.8 Å². The molecule has 1 unspecified atom stereocenters. The number of likely N-dealkylation sites (N-methyl/N-ethyl adjacent to an activating group) is 1. The molecule has 26 heavy (non-hydrogen) atoms. The van der Waals surface area contributed by atoms with Crippen molar-refractivity contribution in [2.75, 3.05) is 19.7 Å². The number of hydrogen-bond acceptors (Lipinski definition) is 4. The SMILES string of the molecule is CCN(Cc1cnn(-c2ccccc2)c1)CC1COc2ccccc2O1. The standard InChI is InChI=1S/C21H23N3O2/c1-2-23(15-19-16-25-20-10-6-7-11-21(20)26-19)13-17-12-22-24(14-17)18-8-4-3-5-9-18/h3-12,14,19H,2,13,15-16H2,1H3. The lowest BCUT2D eigenvalue weighted by Gasteiger charge is -2.30. The molecule has 2 aromatic carbocycles. The normalized spacial score (nSPS) is 16.0. The molecule has 4 rings (SSSR count). The molecule has 3 aromatic rings. The quantitative estimate of drug-likeness (QED) is 0.682. The molecule has 0 saturated carbocycles. The van der Waals surface area contributed by atoms with E-state index in [1.165, 1.54) is 5.56 Å². The summed E-state index contributed by atoms with van der Waals surface area (Å²) in [5.74, 6) is 1.66. The van der Waals surface area contributed by atoms with Crippen LogP contribution in [0, 0.1) is 0 Å². The highest BCUT2D eigenvalue weighted by molar-refractivity contribution is 5.40. The van der Waals surface area contributed by atoms with Gasteiger partial charge in [-0.3, -0.25) is 4.90 Å². The fourth-order valence-electron chi connectivity index (χ4n) is 3.17. The summed E-state index contributed by atoms with van der Waals surface area (Å²) in [7, 11) is 0. The topological polar surface area (TPSA) is 39.5 Å². The maximum absolute atomic E-state index is 6.09. The van der Waals surface area contributed by atoms with Crippen LogP contribution in [0.4, 0.5) is 0 Å². The number of fused-ring (bicyclic) bond motifs is 1. The Morgan fingerprint density at radius 3 is 2.65 bits per heavy atom. The number of aromatic nitrogens is 2. The van der Waals surface area contributed by atoms with Gasteiger partial charge in [0.25, 0.3) is 0 Å². The second-order valence-corrected chi connectivity index (χ2v) is 6.45. The maximum Gasteiger partial charge on any atom is 0.161 e. The van der Waals surface area contributed by atoms with E-state index < -0.39 is 0 Å². The lowest BCUT2D eigenvalue weighted by Crippen LogP contribution is -2.40. The van der Waals surface area contributed by atoms with E-state index in [0.717, 1.165) is 36.8 Å². The summed E-state index contributed by atoms with van der Waals surface area (Å²) in [6.07, 6.45) is 4.06. The highest BCUT2D eigenvalue weighted by Crippen LogP contribution is 2.31. The molecule has 134 valence electrons. The van der Waals surface area contributed by atoms with Gasteiger partial charge in [0.2, 0.25) is 0 Å². The Balaban J connectivity index is 1.39. The van der Waals surface area contributed by atoms with Crippen molar-refractivity contribution in [2.24, 2.45) is 0 Å². The Bertz CT molecular complexity index is 847. The second-order valence-electron chi connectivity index (χ2n) is 6.45. The molecular formula is C21H23N3O2. The van der Waals surface area contributed by atoms with Crippen LogP contribution in [0.5, 0.6) is 11.5 Å². The average Bonchev–Trinajstić information content (AvgIpc) is 3.16. The number of benzene rings is 2. The molecule has 0 aliphatic carbocycles. The second kappa shape index (κ2) is 7.62. The molecule has 0 saturated heterocycles. The first-order valence-corrected chi connectivity index (χ1v) is 9.01. The molecule has 0 bridgehead atoms. The maximum atomic E-state index is 6.09. The largest absolute Gasteiger partial charge is 0.486 e. The van der Waals surface area contributed by atoms with Crippen LogP contribution >= 0.6 is 0 Å². The van der Waals surface area contributed by atoms with Gasteiger partial charge in [0.1, 0.15) is 12.7 Å². The Morgan fingerprint density at radius 1 is 1.08 bits per heavy atom. The predicted octanol–water partition coefficient (Wildman–Crippen LogP) is 3.53. The lowest BCUT2D eigenvalue weighted by molar-refractivity contribution is 0.0580. The number of rotatable bonds is 6. The molecule has 0 radical (unpaired) electrons. The monoisotopic (exact) mass is 349 g/mol. The summed E-state index contributed by atoms with van der Waals surface area (Å²) in [4.78, 5) is 2.36. The summed E-state index contributed by atoms with van der Waals surface area (Å²) >= 11 is 0. The summed E-state index contributed by atoms with van der Waals surface area (Å²) < 4.78 is 13.8. The fraction of sp³-hybridized carbons (Fsp3) is 0.286. The third-order valence-corrected chi connectivity index (χ3v) is 4.54. The van der Waals surface area contributed by atoms with E-state index in [-0.39, 0.29) is 6.10 Å². The van der Waals surface area contributed by atoms with E-state index in [9.17, 15) is 0 Å². The van der Waals surface area contributed by atoms with Crippen molar-refractivity contribution in [1.82, 2.24) is 14.7 Å². The van der Waals surface area contributed by atoms with Crippen molar-refractivity contribution in [3.05, 3.63) is 72.6 Å². The molecular weight excluding hydrogens is 326 g/mol. The van der Waals surface area contributed by atoms with Gasteiger partial charge in [0.05, 0.1) is 11.9 Å². The van der Waals surface area contributed by atoms with Gasteiger partial charge in [0, 0.05) is 24.8 Å². The average molecular weight is 349 g/mol. The highest BCUT2D eigenvalue weighted by Gasteiger charge is 2.22. The van der Waals surface area contributed by atoms with E-state index in [1.54, 1.807) is 0 Å². The molecule has 0 fully saturated rings. The van der Waals surface area contributed by atoms with Crippen LogP contribution in [0.1, 0.15) is 12.5 Å². The van der Waals surface area contributed by atoms with E-state index in [0.29, 0.717) is 6.61 Å². The van der Waals surface area contributed by atoms with E-state index in [4.69, 9.17) is 9.47 Å². The minimum absolute atomic E-state index is 0.0361. The van der Waals surface area contributed by atoms with E-state index >= 15 is 0 Å². The van der Waals surface area contributed by atoms with Crippen LogP contribution in [0.25, 0.3) is 5.69 Å². The molecule has 0 spiro atoms. The minimum atomic E-state index is 0.0361. The lowest BCUT2D eigenvalue weighted by atomic mass is 10.2. The number of para-hydroxylation sites is 3. The third kappa shape index (κ3) is 3.73. The van der Waals surface area contributed by atoms with Gasteiger partial charge in [-0.1, -0.05) is 37.3 Å². The van der Waals surface area contributed by atoms with Crippen LogP contribution in [-0.2, 0) is 6.54 Å². The Morgan fingerprint density at radius 2 is 1.85 bits per heavy atom. The number of nitrogens with zero attached hydrogens (tertiary/aromatic N) is 3. The Kier molecular flexibility index (Phi) is 4.88. The first-order valence-electron chi connectivity index (χ1n) is 9.01. The van der Waals surface area contributed by atoms with Gasteiger partial charge >= 0.3 is 0 Å². The third-order valence-electron chi connectivity index (χ3n) is 4.54. The zero-order chi connectivity index (χ0) is 17.8. The minimum Gasteiger partial charge on any atom is -0.486 e. The van der Waals surface area contributed by atoms with Gasteiger partial charge in [-0.25, -0.2) is 4.68 Å². The van der Waals surface area contributed by atoms with Crippen LogP contribution in [0.2, 0.25) is 0 Å². The van der Waals surface area contributed by atoms with Gasteiger partial charge in [-0.15, -0.1) is 0 Å². The van der Waals surface area contributed by atoms with Gasteiger partial charge in [-0.2, -0.15) is 5.10 Å². The summed E-state index contributed by atoms with van der Waals surface area (Å²) in [6, 6.07) is 18.0. The Labute approximate surface area is 153 Å². The number of hydrogen-bond donors (Lipinski definition) is 0. The molecule has 5 nitrogen and oxygen atoms in total. The smallest absolute Gasteiger partial charge is 0.161 e. The Hall–Kier alpha value is -2.79.